The summed E-state index contributed by atoms with van der Waals surface area (Å²) in [6, 6.07) is 0. The van der Waals surface area contributed by atoms with Crippen LogP contribution < -0.4 is 0 Å². The van der Waals surface area contributed by atoms with Gasteiger partial charge in [-0.05, 0) is 33.4 Å². The molecule has 1 heterocycles. The van der Waals surface area contributed by atoms with Crippen LogP contribution in [0, 0.1) is 0 Å². The third-order valence-corrected chi connectivity index (χ3v) is 2.91. The fourth-order valence-corrected chi connectivity index (χ4v) is 1.86. The summed E-state index contributed by atoms with van der Waals surface area (Å²) >= 11 is 0. The van der Waals surface area contributed by atoms with Gasteiger partial charge in [-0.3, -0.25) is 4.79 Å². The summed E-state index contributed by atoms with van der Waals surface area (Å²) in [5.74, 6) is -0.689. The number of likely N-dealkylation sites (tertiary alicyclic amines) is 1. The summed E-state index contributed by atoms with van der Waals surface area (Å²) < 4.78 is 0. The standard InChI is InChI=1S/C9H17NO2/c1-9(7-8(11)12)5-3-4-6-10(9)2/h3-7H2,1-2H3,(H,11,12). The number of carboxylic acids is 1. The summed E-state index contributed by atoms with van der Waals surface area (Å²) in [6.45, 7) is 3.07. The minimum Gasteiger partial charge on any atom is -0.481 e. The molecule has 0 bridgehead atoms. The van der Waals surface area contributed by atoms with Gasteiger partial charge < -0.3 is 10.0 Å². The van der Waals surface area contributed by atoms with Gasteiger partial charge in [0.15, 0.2) is 0 Å². The van der Waals surface area contributed by atoms with Crippen molar-refractivity contribution in [3.63, 3.8) is 0 Å². The van der Waals surface area contributed by atoms with Crippen molar-refractivity contribution in [1.29, 1.82) is 0 Å². The highest BCUT2D eigenvalue weighted by Crippen LogP contribution is 2.29. The molecule has 1 fully saturated rings. The maximum absolute atomic E-state index is 10.6. The molecule has 3 heteroatoms. The van der Waals surface area contributed by atoms with Gasteiger partial charge in [-0.1, -0.05) is 6.42 Å². The molecule has 0 amide bonds. The van der Waals surface area contributed by atoms with E-state index in [1.54, 1.807) is 0 Å². The van der Waals surface area contributed by atoms with E-state index in [1.165, 1.54) is 6.42 Å². The minimum absolute atomic E-state index is 0.107. The van der Waals surface area contributed by atoms with Crippen LogP contribution in [0.3, 0.4) is 0 Å². The summed E-state index contributed by atoms with van der Waals surface area (Å²) in [5.41, 5.74) is -0.107. The summed E-state index contributed by atoms with van der Waals surface area (Å²) in [7, 11) is 2.02. The first kappa shape index (κ1) is 9.52. The molecule has 1 unspecified atom stereocenters. The topological polar surface area (TPSA) is 40.5 Å². The maximum atomic E-state index is 10.6. The van der Waals surface area contributed by atoms with Crippen molar-refractivity contribution in [2.24, 2.45) is 0 Å². The van der Waals surface area contributed by atoms with Gasteiger partial charge in [-0.15, -0.1) is 0 Å². The first-order valence-corrected chi connectivity index (χ1v) is 4.48. The van der Waals surface area contributed by atoms with Crippen molar-refractivity contribution in [2.75, 3.05) is 13.6 Å². The van der Waals surface area contributed by atoms with Gasteiger partial charge in [0.25, 0.3) is 0 Å². The van der Waals surface area contributed by atoms with Gasteiger partial charge in [0.2, 0.25) is 0 Å². The minimum atomic E-state index is -0.689. The van der Waals surface area contributed by atoms with Crippen molar-refractivity contribution < 1.29 is 9.90 Å². The van der Waals surface area contributed by atoms with Crippen LogP contribution in [0.25, 0.3) is 0 Å². The highest BCUT2D eigenvalue weighted by atomic mass is 16.4. The van der Waals surface area contributed by atoms with Crippen LogP contribution in [0.15, 0.2) is 0 Å². The SMILES string of the molecule is CN1CCCCC1(C)CC(=O)O. The molecule has 0 aromatic heterocycles. The fourth-order valence-electron chi connectivity index (χ4n) is 1.86. The van der Waals surface area contributed by atoms with Crippen molar-refractivity contribution in [3.8, 4) is 0 Å². The maximum Gasteiger partial charge on any atom is 0.305 e. The summed E-state index contributed by atoms with van der Waals surface area (Å²) in [5, 5.41) is 8.72. The Bertz CT molecular complexity index is 181. The quantitative estimate of drug-likeness (QED) is 0.681. The van der Waals surface area contributed by atoms with E-state index in [9.17, 15) is 4.79 Å². The smallest absolute Gasteiger partial charge is 0.305 e. The van der Waals surface area contributed by atoms with Crippen LogP contribution in [-0.2, 0) is 4.79 Å². The van der Waals surface area contributed by atoms with E-state index in [4.69, 9.17) is 5.11 Å². The van der Waals surface area contributed by atoms with Crippen molar-refractivity contribution in [2.45, 2.75) is 38.1 Å². The molecule has 12 heavy (non-hydrogen) atoms. The number of aliphatic carboxylic acids is 1. The number of carboxylic acid groups (broad SMARTS) is 1. The average Bonchev–Trinajstić information content (AvgIpc) is 1.94. The monoisotopic (exact) mass is 171 g/mol. The normalized spacial score (nSPS) is 31.8. The van der Waals surface area contributed by atoms with Crippen LogP contribution in [0.2, 0.25) is 0 Å². The molecule has 0 aliphatic carbocycles. The first-order chi connectivity index (χ1) is 5.54. The van der Waals surface area contributed by atoms with E-state index in [0.717, 1.165) is 19.4 Å². The molecular formula is C9H17NO2. The molecule has 0 radical (unpaired) electrons. The van der Waals surface area contributed by atoms with Crippen LogP contribution >= 0.6 is 0 Å². The van der Waals surface area contributed by atoms with Gasteiger partial charge in [0.05, 0.1) is 6.42 Å². The van der Waals surface area contributed by atoms with Crippen LogP contribution in [0.5, 0.6) is 0 Å². The number of rotatable bonds is 2. The highest BCUT2D eigenvalue weighted by Gasteiger charge is 2.33. The molecule has 70 valence electrons. The Morgan fingerprint density at radius 1 is 1.58 bits per heavy atom. The summed E-state index contributed by atoms with van der Waals surface area (Å²) in [6.07, 6.45) is 3.64. The second kappa shape index (κ2) is 3.44. The van der Waals surface area contributed by atoms with E-state index in [2.05, 4.69) is 4.90 Å². The second-order valence-electron chi connectivity index (χ2n) is 3.95. The third-order valence-electron chi connectivity index (χ3n) is 2.91. The predicted molar refractivity (Wildman–Crippen MR) is 47.1 cm³/mol. The molecule has 0 aromatic carbocycles. The molecule has 1 atom stereocenters. The molecule has 1 aliphatic heterocycles. The summed E-state index contributed by atoms with van der Waals surface area (Å²) in [4.78, 5) is 12.8. The predicted octanol–water partition coefficient (Wildman–Crippen LogP) is 1.34. The van der Waals surface area contributed by atoms with E-state index in [0.29, 0.717) is 0 Å². The largest absolute Gasteiger partial charge is 0.481 e. The molecular weight excluding hydrogens is 154 g/mol. The lowest BCUT2D eigenvalue weighted by Gasteiger charge is -2.41. The lowest BCUT2D eigenvalue weighted by Crippen LogP contribution is -2.48. The fraction of sp³-hybridized carbons (Fsp3) is 0.889. The molecule has 3 nitrogen and oxygen atoms in total. The van der Waals surface area contributed by atoms with E-state index < -0.39 is 5.97 Å². The second-order valence-corrected chi connectivity index (χ2v) is 3.95. The number of nitrogens with zero attached hydrogens (tertiary/aromatic N) is 1. The Labute approximate surface area is 73.4 Å². The van der Waals surface area contributed by atoms with Crippen molar-refractivity contribution in [1.82, 2.24) is 4.90 Å². The van der Waals surface area contributed by atoms with Crippen LogP contribution in [0.4, 0.5) is 0 Å². The Morgan fingerprint density at radius 3 is 2.75 bits per heavy atom. The van der Waals surface area contributed by atoms with Crippen molar-refractivity contribution in [3.05, 3.63) is 0 Å². The van der Waals surface area contributed by atoms with Gasteiger partial charge in [-0.25, -0.2) is 0 Å². The molecule has 1 rings (SSSR count). The molecule has 1 N–H and O–H groups in total. The Kier molecular flexibility index (Phi) is 2.73. The Morgan fingerprint density at radius 2 is 2.25 bits per heavy atom. The lowest BCUT2D eigenvalue weighted by atomic mass is 9.86. The highest BCUT2D eigenvalue weighted by molar-refractivity contribution is 5.68. The molecule has 1 aliphatic rings. The van der Waals surface area contributed by atoms with Crippen molar-refractivity contribution >= 4 is 5.97 Å². The zero-order valence-corrected chi connectivity index (χ0v) is 7.84. The Balaban J connectivity index is 2.59. The van der Waals surface area contributed by atoms with E-state index >= 15 is 0 Å². The number of hydrogen-bond donors (Lipinski definition) is 1. The lowest BCUT2D eigenvalue weighted by molar-refractivity contribution is -0.140. The van der Waals surface area contributed by atoms with Gasteiger partial charge >= 0.3 is 5.97 Å². The third kappa shape index (κ3) is 1.97. The van der Waals surface area contributed by atoms with E-state index in [1.807, 2.05) is 14.0 Å². The number of carbonyl (C=O) groups is 1. The number of piperidine rings is 1. The number of hydrogen-bond acceptors (Lipinski definition) is 2. The zero-order chi connectivity index (χ0) is 9.19. The van der Waals surface area contributed by atoms with Gasteiger partial charge in [0.1, 0.15) is 0 Å². The van der Waals surface area contributed by atoms with Gasteiger partial charge in [0, 0.05) is 5.54 Å². The molecule has 0 spiro atoms. The van der Waals surface area contributed by atoms with Gasteiger partial charge in [-0.2, -0.15) is 0 Å². The first-order valence-electron chi connectivity index (χ1n) is 4.48. The molecule has 0 aromatic rings. The molecule has 0 saturated carbocycles. The van der Waals surface area contributed by atoms with Crippen LogP contribution in [0.1, 0.15) is 32.6 Å². The zero-order valence-electron chi connectivity index (χ0n) is 7.84. The van der Waals surface area contributed by atoms with Crippen LogP contribution in [-0.4, -0.2) is 35.1 Å². The average molecular weight is 171 g/mol. The Hall–Kier alpha value is -0.570. The van der Waals surface area contributed by atoms with E-state index in [-0.39, 0.29) is 12.0 Å². The molecule has 1 saturated heterocycles.